The highest BCUT2D eigenvalue weighted by Gasteiger charge is 2.56. The van der Waals surface area contributed by atoms with Crippen LogP contribution in [0.1, 0.15) is 134 Å². The average molecular weight is 752 g/mol. The van der Waals surface area contributed by atoms with Gasteiger partial charge in [0.15, 0.2) is 5.60 Å². The van der Waals surface area contributed by atoms with E-state index in [0.29, 0.717) is 30.0 Å². The van der Waals surface area contributed by atoms with Crippen molar-refractivity contribution in [3.8, 4) is 0 Å². The van der Waals surface area contributed by atoms with Gasteiger partial charge in [-0.25, -0.2) is 0 Å². The summed E-state index contributed by atoms with van der Waals surface area (Å²) in [6, 6.07) is 1.02. The minimum atomic E-state index is -1.02. The van der Waals surface area contributed by atoms with E-state index in [1.807, 2.05) is 46.8 Å². The molecule has 0 unspecified atom stereocenters. The van der Waals surface area contributed by atoms with Crippen LogP contribution in [0.2, 0.25) is 5.02 Å². The molecule has 3 N–H and O–H groups in total. The minimum Gasteiger partial charge on any atom is -0.387 e. The Morgan fingerprint density at radius 2 is 1.68 bits per heavy atom. The fraction of sp³-hybridized carbons (Fsp3) is 0.707. The number of oxime groups is 1. The zero-order valence-electron chi connectivity index (χ0n) is 32.2. The van der Waals surface area contributed by atoms with Crippen LogP contribution in [0.4, 0.5) is 0 Å². The molecule has 1 saturated heterocycles. The molecule has 0 aromatic heterocycles. The molecule has 2 heterocycles. The summed E-state index contributed by atoms with van der Waals surface area (Å²) in [6.45, 7) is 9.83. The Balaban J connectivity index is 1.25. The Kier molecular flexibility index (Phi) is 11.9. The molecule has 4 fully saturated rings. The van der Waals surface area contributed by atoms with Gasteiger partial charge >= 0.3 is 0 Å². The van der Waals surface area contributed by atoms with Crippen molar-refractivity contribution >= 4 is 46.7 Å². The number of amides is 4. The fourth-order valence-corrected chi connectivity index (χ4v) is 8.59. The summed E-state index contributed by atoms with van der Waals surface area (Å²) < 4.78 is 0. The molecule has 290 valence electrons. The second kappa shape index (κ2) is 16.1. The van der Waals surface area contributed by atoms with Crippen molar-refractivity contribution in [3.63, 3.8) is 0 Å². The van der Waals surface area contributed by atoms with E-state index in [2.05, 4.69) is 21.1 Å². The van der Waals surface area contributed by atoms with E-state index < -0.39 is 46.7 Å². The molecule has 0 radical (unpaired) electrons. The van der Waals surface area contributed by atoms with Crippen molar-refractivity contribution < 1.29 is 28.8 Å². The Hall–Kier alpha value is -3.47. The van der Waals surface area contributed by atoms with Gasteiger partial charge in [0.2, 0.25) is 23.5 Å². The van der Waals surface area contributed by atoms with Crippen LogP contribution in [0, 0.1) is 24.2 Å². The molecule has 53 heavy (non-hydrogen) atoms. The molecule has 12 heteroatoms. The number of likely N-dealkylation sites (tertiary alicyclic amines) is 1. The van der Waals surface area contributed by atoms with Crippen LogP contribution in [-0.4, -0.2) is 76.3 Å². The van der Waals surface area contributed by atoms with Gasteiger partial charge in [-0.1, -0.05) is 89.0 Å². The van der Waals surface area contributed by atoms with Crippen molar-refractivity contribution in [3.05, 3.63) is 33.8 Å². The number of nitrogens with zero attached hydrogens (tertiary/aromatic N) is 2. The van der Waals surface area contributed by atoms with E-state index in [1.54, 1.807) is 0 Å². The van der Waals surface area contributed by atoms with Gasteiger partial charge in [-0.05, 0) is 79.9 Å². The lowest BCUT2D eigenvalue weighted by Gasteiger charge is -2.36. The molecular weight excluding hydrogens is 694 g/mol. The van der Waals surface area contributed by atoms with E-state index >= 15 is 0 Å². The first-order chi connectivity index (χ1) is 25.2. The first-order valence-corrected chi connectivity index (χ1v) is 20.3. The lowest BCUT2D eigenvalue weighted by atomic mass is 9.85. The van der Waals surface area contributed by atoms with Crippen molar-refractivity contribution in [1.29, 1.82) is 0 Å². The highest BCUT2D eigenvalue weighted by molar-refractivity contribution is 6.38. The fourth-order valence-electron chi connectivity index (χ4n) is 8.29. The van der Waals surface area contributed by atoms with E-state index in [4.69, 9.17) is 16.4 Å². The zero-order chi connectivity index (χ0) is 38.1. The van der Waals surface area contributed by atoms with Crippen LogP contribution >= 0.6 is 11.6 Å². The summed E-state index contributed by atoms with van der Waals surface area (Å²) >= 11 is 6.62. The molecule has 1 aromatic carbocycles. The summed E-state index contributed by atoms with van der Waals surface area (Å²) in [4.78, 5) is 76.8. The standard InChI is InChI=1S/C41H58ClN5O6/c1-6-27-17-24(2)29(20-30(27)42)32-21-41(53-46-32)22-33(37(50)44-31(18-26-13-14-26)35(49)38(51)43-28-15-16-28)47(23-41)39(52)36(40(3,4)5)45-34(48)19-25-11-9-7-8-10-12-25/h17,20,25-26,28,31,33,36H,6-16,18-19,21-23H2,1-5H3,(H,43,51)(H,44,50)(H,45,48)/t31-,33-,36+,41+/m0/s1. The molecule has 3 aliphatic carbocycles. The highest BCUT2D eigenvalue weighted by Crippen LogP contribution is 2.41. The SMILES string of the molecule is CCc1cc(C)c(C2=NO[C@]3(C2)C[C@@H](C(=O)N[C@@H](CC2CC2)C(=O)C(=O)NC2CC2)N(C(=O)[C@@H](NC(=O)CC2CCCCCC2)C(C)(C)C)C3)cc1Cl. The zero-order valence-corrected chi connectivity index (χ0v) is 32.9. The molecule has 2 aliphatic heterocycles. The molecule has 1 aromatic rings. The maximum atomic E-state index is 14.8. The van der Waals surface area contributed by atoms with Crippen LogP contribution < -0.4 is 16.0 Å². The topological polar surface area (TPSA) is 146 Å². The van der Waals surface area contributed by atoms with E-state index in [9.17, 15) is 24.0 Å². The average Bonchev–Trinajstić information content (AvgIpc) is 4.04. The number of aryl methyl sites for hydroxylation is 2. The number of hydrogen-bond acceptors (Lipinski definition) is 7. The summed E-state index contributed by atoms with van der Waals surface area (Å²) in [6.07, 6.45) is 12.1. The van der Waals surface area contributed by atoms with Crippen LogP contribution in [-0.2, 0) is 35.2 Å². The number of hydrogen-bond donors (Lipinski definition) is 3. The first kappa shape index (κ1) is 39.2. The van der Waals surface area contributed by atoms with Gasteiger partial charge in [-0.3, -0.25) is 24.0 Å². The van der Waals surface area contributed by atoms with Gasteiger partial charge in [0, 0.05) is 35.9 Å². The van der Waals surface area contributed by atoms with Gasteiger partial charge in [-0.2, -0.15) is 0 Å². The predicted molar refractivity (Wildman–Crippen MR) is 203 cm³/mol. The number of Topliss-reactive ketones (excluding diaryl/α,β-unsaturated/α-hetero) is 1. The van der Waals surface area contributed by atoms with Crippen LogP contribution in [0.3, 0.4) is 0 Å². The van der Waals surface area contributed by atoms with Gasteiger partial charge in [0.1, 0.15) is 12.1 Å². The summed E-state index contributed by atoms with van der Waals surface area (Å²) in [5, 5.41) is 13.9. The van der Waals surface area contributed by atoms with Crippen LogP contribution in [0.15, 0.2) is 17.3 Å². The quantitative estimate of drug-likeness (QED) is 0.174. The molecule has 4 atom stereocenters. The molecule has 6 rings (SSSR count). The van der Waals surface area contributed by atoms with Crippen molar-refractivity contribution in [1.82, 2.24) is 20.9 Å². The first-order valence-electron chi connectivity index (χ1n) is 20.0. The maximum absolute atomic E-state index is 14.8. The molecule has 0 bridgehead atoms. The van der Waals surface area contributed by atoms with E-state index in [1.165, 1.54) is 17.7 Å². The molecular formula is C41H58ClN5O6. The second-order valence-electron chi connectivity index (χ2n) is 17.6. The van der Waals surface area contributed by atoms with E-state index in [-0.39, 0.29) is 42.7 Å². The van der Waals surface area contributed by atoms with Gasteiger partial charge in [-0.15, -0.1) is 0 Å². The van der Waals surface area contributed by atoms with Crippen molar-refractivity contribution in [2.24, 2.45) is 22.4 Å². The number of carbonyl (C=O) groups excluding carboxylic acids is 5. The summed E-state index contributed by atoms with van der Waals surface area (Å²) in [5.74, 6) is -1.88. The number of halogens is 1. The third-order valence-corrected chi connectivity index (χ3v) is 12.2. The van der Waals surface area contributed by atoms with Crippen molar-refractivity contribution in [2.45, 2.75) is 161 Å². The lowest BCUT2D eigenvalue weighted by molar-refractivity contribution is -0.145. The third-order valence-electron chi connectivity index (χ3n) is 11.8. The Morgan fingerprint density at radius 1 is 0.981 bits per heavy atom. The Labute approximate surface area is 319 Å². The monoisotopic (exact) mass is 751 g/mol. The summed E-state index contributed by atoms with van der Waals surface area (Å²) in [5.41, 5.74) is 1.88. The van der Waals surface area contributed by atoms with Crippen LogP contribution in [0.5, 0.6) is 0 Å². The number of rotatable bonds is 13. The molecule has 3 saturated carbocycles. The maximum Gasteiger partial charge on any atom is 0.289 e. The summed E-state index contributed by atoms with van der Waals surface area (Å²) in [7, 11) is 0. The lowest BCUT2D eigenvalue weighted by Crippen LogP contribution is -2.59. The number of benzene rings is 1. The molecule has 11 nitrogen and oxygen atoms in total. The molecule has 1 spiro atoms. The van der Waals surface area contributed by atoms with Gasteiger partial charge in [0.25, 0.3) is 5.91 Å². The van der Waals surface area contributed by atoms with Gasteiger partial charge < -0.3 is 25.7 Å². The Morgan fingerprint density at radius 3 is 2.30 bits per heavy atom. The molecule has 4 amide bonds. The van der Waals surface area contributed by atoms with Crippen LogP contribution in [0.25, 0.3) is 0 Å². The van der Waals surface area contributed by atoms with Crippen molar-refractivity contribution in [2.75, 3.05) is 6.54 Å². The number of nitrogens with one attached hydrogen (secondary N) is 3. The number of carbonyl (C=O) groups is 5. The van der Waals surface area contributed by atoms with Gasteiger partial charge in [0.05, 0.1) is 18.3 Å². The minimum absolute atomic E-state index is 0.00374. The third kappa shape index (κ3) is 9.62. The predicted octanol–water partition coefficient (Wildman–Crippen LogP) is 5.70. The molecule has 5 aliphatic rings. The smallest absolute Gasteiger partial charge is 0.289 e. The second-order valence-corrected chi connectivity index (χ2v) is 18.0. The normalized spacial score (nSPS) is 24.5. The van der Waals surface area contributed by atoms with E-state index in [0.717, 1.165) is 74.5 Å². The highest BCUT2D eigenvalue weighted by atomic mass is 35.5. The Bertz CT molecular complexity index is 1620. The number of ketones is 1. The largest absolute Gasteiger partial charge is 0.387 e.